The van der Waals surface area contributed by atoms with Crippen LogP contribution in [0.2, 0.25) is 0 Å². The number of hydrogen-bond donors (Lipinski definition) is 0. The summed E-state index contributed by atoms with van der Waals surface area (Å²) in [6.07, 6.45) is 3.02. The first-order chi connectivity index (χ1) is 16.0. The highest BCUT2D eigenvalue weighted by atomic mass is 32.2. The van der Waals surface area contributed by atoms with Gasteiger partial charge in [0.1, 0.15) is 16.9 Å². The Balaban J connectivity index is 1.52. The van der Waals surface area contributed by atoms with E-state index in [0.717, 1.165) is 40.4 Å². The zero-order valence-electron chi connectivity index (χ0n) is 18.6. The van der Waals surface area contributed by atoms with E-state index in [1.807, 2.05) is 24.3 Å². The average molecular weight is 481 g/mol. The Morgan fingerprint density at radius 3 is 2.70 bits per heavy atom. The zero-order valence-corrected chi connectivity index (χ0v) is 20.5. The van der Waals surface area contributed by atoms with Gasteiger partial charge in [-0.1, -0.05) is 31.5 Å². The van der Waals surface area contributed by atoms with E-state index in [9.17, 15) is 4.79 Å². The van der Waals surface area contributed by atoms with Crippen LogP contribution in [0.1, 0.15) is 37.5 Å². The number of rotatable bonds is 3. The van der Waals surface area contributed by atoms with Crippen molar-refractivity contribution in [2.75, 3.05) is 31.2 Å². The maximum absolute atomic E-state index is 13.1. The quantitative estimate of drug-likeness (QED) is 0.307. The summed E-state index contributed by atoms with van der Waals surface area (Å²) in [6, 6.07) is 9.73. The molecule has 2 aromatic heterocycles. The SMILES string of the molecule is CC(C)c1c(-c2ccc(C#CC3CC=C([SH2+])S3)o2)c(=O)oc2cc(N3CCOCC3)ccc12. The van der Waals surface area contributed by atoms with Gasteiger partial charge in [0.15, 0.2) is 10.00 Å². The molecule has 2 aliphatic rings. The molecule has 0 radical (unpaired) electrons. The van der Waals surface area contributed by atoms with Crippen molar-refractivity contribution in [2.45, 2.75) is 31.4 Å². The second-order valence-corrected chi connectivity index (χ2v) is 10.6. The molecule has 3 aromatic rings. The van der Waals surface area contributed by atoms with Gasteiger partial charge >= 0.3 is 5.63 Å². The molecule has 2 aliphatic heterocycles. The number of fused-ring (bicyclic) bond motifs is 1. The summed E-state index contributed by atoms with van der Waals surface area (Å²) < 4.78 is 18.4. The number of hydrogen-bond acceptors (Lipinski definition) is 6. The van der Waals surface area contributed by atoms with Gasteiger partial charge in [0.25, 0.3) is 0 Å². The van der Waals surface area contributed by atoms with Crippen LogP contribution in [-0.2, 0) is 17.4 Å². The normalized spacial score (nSPS) is 18.5. The topological polar surface area (TPSA) is 55.8 Å². The van der Waals surface area contributed by atoms with Crippen molar-refractivity contribution in [3.8, 4) is 23.2 Å². The lowest BCUT2D eigenvalue weighted by atomic mass is 9.93. The molecule has 0 bridgehead atoms. The summed E-state index contributed by atoms with van der Waals surface area (Å²) in [4.78, 5) is 15.4. The molecule has 0 saturated carbocycles. The lowest BCUT2D eigenvalue weighted by Crippen LogP contribution is -2.36. The maximum atomic E-state index is 13.1. The number of thioether (sulfide) groups is 1. The summed E-state index contributed by atoms with van der Waals surface area (Å²) in [7, 11) is 0. The molecule has 1 atom stereocenters. The van der Waals surface area contributed by atoms with Crippen LogP contribution in [0.4, 0.5) is 5.69 Å². The van der Waals surface area contributed by atoms with Crippen LogP contribution in [0.3, 0.4) is 0 Å². The predicted octanol–water partition coefficient (Wildman–Crippen LogP) is 4.72. The third-order valence-electron chi connectivity index (χ3n) is 5.88. The van der Waals surface area contributed by atoms with Crippen molar-refractivity contribution in [3.05, 3.63) is 62.4 Å². The molecule has 7 heteroatoms. The number of benzene rings is 1. The number of ether oxygens (including phenoxy) is 1. The van der Waals surface area contributed by atoms with Crippen molar-refractivity contribution in [2.24, 2.45) is 0 Å². The Kier molecular flexibility index (Phi) is 6.33. The largest absolute Gasteiger partial charge is 0.447 e. The molecule has 1 unspecified atom stereocenters. The van der Waals surface area contributed by atoms with Gasteiger partial charge in [-0.15, -0.1) is 0 Å². The molecule has 0 N–H and O–H groups in total. The average Bonchev–Trinajstić information content (AvgIpc) is 3.45. The van der Waals surface area contributed by atoms with Gasteiger partial charge in [0, 0.05) is 42.9 Å². The van der Waals surface area contributed by atoms with Crippen LogP contribution in [0.15, 0.2) is 54.3 Å². The van der Waals surface area contributed by atoms with E-state index in [2.05, 4.69) is 55.4 Å². The van der Waals surface area contributed by atoms with Gasteiger partial charge in [-0.25, -0.2) is 4.79 Å². The summed E-state index contributed by atoms with van der Waals surface area (Å²) in [5, 5.41) is 1.14. The summed E-state index contributed by atoms with van der Waals surface area (Å²) in [5.74, 6) is 7.49. The van der Waals surface area contributed by atoms with Crippen molar-refractivity contribution in [1.29, 1.82) is 0 Å². The van der Waals surface area contributed by atoms with E-state index < -0.39 is 5.63 Å². The van der Waals surface area contributed by atoms with Gasteiger partial charge in [-0.05, 0) is 54.2 Å². The van der Waals surface area contributed by atoms with Crippen LogP contribution in [0, 0.1) is 11.8 Å². The third-order valence-corrected chi connectivity index (χ3v) is 7.45. The second kappa shape index (κ2) is 9.38. The summed E-state index contributed by atoms with van der Waals surface area (Å²) in [6.45, 7) is 7.23. The predicted molar refractivity (Wildman–Crippen MR) is 138 cm³/mol. The Morgan fingerprint density at radius 2 is 1.97 bits per heavy atom. The number of nitrogens with zero attached hydrogens (tertiary/aromatic N) is 1. The maximum Gasteiger partial charge on any atom is 0.347 e. The van der Waals surface area contributed by atoms with E-state index in [1.165, 1.54) is 0 Å². The Bertz CT molecular complexity index is 1340. The van der Waals surface area contributed by atoms with Gasteiger partial charge in [0.05, 0.1) is 18.5 Å². The molecule has 0 aliphatic carbocycles. The second-order valence-electron chi connectivity index (χ2n) is 8.46. The first kappa shape index (κ1) is 22.3. The minimum atomic E-state index is -0.390. The minimum Gasteiger partial charge on any atom is -0.447 e. The molecular formula is C26H26NO4S2+. The highest BCUT2D eigenvalue weighted by molar-refractivity contribution is 8.12. The van der Waals surface area contributed by atoms with Gasteiger partial charge < -0.3 is 18.5 Å². The molecule has 5 rings (SSSR count). The van der Waals surface area contributed by atoms with Gasteiger partial charge in [0.2, 0.25) is 0 Å². The van der Waals surface area contributed by atoms with E-state index >= 15 is 0 Å². The number of morpholine rings is 1. The van der Waals surface area contributed by atoms with E-state index in [1.54, 1.807) is 11.8 Å². The molecule has 1 aromatic carbocycles. The molecule has 4 heterocycles. The zero-order chi connectivity index (χ0) is 22.9. The molecule has 0 spiro atoms. The van der Waals surface area contributed by atoms with Crippen molar-refractivity contribution in [3.63, 3.8) is 0 Å². The molecule has 1 saturated heterocycles. The number of furan rings is 1. The van der Waals surface area contributed by atoms with E-state index in [0.29, 0.717) is 35.9 Å². The molecule has 170 valence electrons. The first-order valence-corrected chi connectivity index (χ1v) is 12.5. The molecule has 0 amide bonds. The smallest absolute Gasteiger partial charge is 0.347 e. The first-order valence-electron chi connectivity index (χ1n) is 11.1. The van der Waals surface area contributed by atoms with Gasteiger partial charge in [-0.3, -0.25) is 0 Å². The highest BCUT2D eigenvalue weighted by Crippen LogP contribution is 2.35. The number of anilines is 1. The molecule has 1 fully saturated rings. The summed E-state index contributed by atoms with van der Waals surface area (Å²) in [5.41, 5.74) is 2.65. The Labute approximate surface area is 202 Å². The van der Waals surface area contributed by atoms with Crippen LogP contribution in [0.25, 0.3) is 22.3 Å². The number of allylic oxidation sites excluding steroid dienone is 1. The van der Waals surface area contributed by atoms with Crippen LogP contribution in [-0.4, -0.2) is 31.6 Å². The Morgan fingerprint density at radius 1 is 1.15 bits per heavy atom. The monoisotopic (exact) mass is 480 g/mol. The molecular weight excluding hydrogens is 454 g/mol. The van der Waals surface area contributed by atoms with E-state index in [-0.39, 0.29) is 11.2 Å². The Hall–Kier alpha value is -2.53. The summed E-state index contributed by atoms with van der Waals surface area (Å²) >= 11 is 5.24. The van der Waals surface area contributed by atoms with Crippen LogP contribution in [0.5, 0.6) is 0 Å². The highest BCUT2D eigenvalue weighted by Gasteiger charge is 2.23. The van der Waals surface area contributed by atoms with Crippen molar-refractivity contribution < 1.29 is 13.6 Å². The third kappa shape index (κ3) is 4.61. The standard InChI is InChI=1S/C26H25NO4S2/c1-16(2)24-20-8-3-17(27-11-13-29-14-12-27)15-22(20)31-26(28)25(24)21-9-5-18(30-21)4-6-19-7-10-23(32)33-19/h3,5,8-10,15-16,19,32H,7,11-14H2,1-2H3/p+1. The fourth-order valence-corrected chi connectivity index (χ4v) is 5.66. The molecule has 33 heavy (non-hydrogen) atoms. The lowest BCUT2D eigenvalue weighted by Gasteiger charge is -2.29. The van der Waals surface area contributed by atoms with Crippen molar-refractivity contribution in [1.82, 2.24) is 0 Å². The fraction of sp³-hybridized carbons (Fsp3) is 0.346. The fourth-order valence-electron chi connectivity index (χ4n) is 4.31. The van der Waals surface area contributed by atoms with Crippen molar-refractivity contribution >= 4 is 41.0 Å². The van der Waals surface area contributed by atoms with E-state index in [4.69, 9.17) is 13.6 Å². The van der Waals surface area contributed by atoms with Gasteiger partial charge in [-0.2, -0.15) is 0 Å². The molecule has 5 nitrogen and oxygen atoms in total. The van der Waals surface area contributed by atoms with Crippen LogP contribution < -0.4 is 10.5 Å². The van der Waals surface area contributed by atoms with Crippen LogP contribution >= 0.6 is 11.8 Å². The lowest BCUT2D eigenvalue weighted by molar-refractivity contribution is 0.122. The minimum absolute atomic E-state index is 0.110.